The lowest BCUT2D eigenvalue weighted by atomic mass is 10.0. The summed E-state index contributed by atoms with van der Waals surface area (Å²) in [5.41, 5.74) is 2.45. The first-order chi connectivity index (χ1) is 15.0. The summed E-state index contributed by atoms with van der Waals surface area (Å²) < 4.78 is 11.4. The highest BCUT2D eigenvalue weighted by atomic mass is 16.5. The monoisotopic (exact) mass is 416 g/mol. The molecule has 7 heteroatoms. The molecular formula is C24H20N2O5. The number of rotatable bonds is 5. The third-order valence-electron chi connectivity index (χ3n) is 5.11. The predicted molar refractivity (Wildman–Crippen MR) is 116 cm³/mol. The van der Waals surface area contributed by atoms with Gasteiger partial charge in [-0.15, -0.1) is 0 Å². The average Bonchev–Trinajstić information content (AvgIpc) is 2.76. The molecule has 1 aliphatic heterocycles. The second kappa shape index (κ2) is 8.31. The van der Waals surface area contributed by atoms with Gasteiger partial charge in [0.05, 0.1) is 7.11 Å². The molecule has 3 aromatic carbocycles. The number of nitrogens with one attached hydrogen (secondary N) is 2. The highest BCUT2D eigenvalue weighted by Crippen LogP contribution is 2.30. The van der Waals surface area contributed by atoms with Gasteiger partial charge in [-0.1, -0.05) is 36.4 Å². The van der Waals surface area contributed by atoms with Crippen LogP contribution in [0.2, 0.25) is 0 Å². The number of benzene rings is 3. The van der Waals surface area contributed by atoms with Crippen LogP contribution in [0, 0.1) is 6.92 Å². The van der Waals surface area contributed by atoms with Crippen molar-refractivity contribution in [2.45, 2.75) is 13.5 Å². The summed E-state index contributed by atoms with van der Waals surface area (Å²) in [6.45, 7) is 2.31. The van der Waals surface area contributed by atoms with Gasteiger partial charge < -0.3 is 9.47 Å². The maximum Gasteiger partial charge on any atom is 0.328 e. The molecule has 0 radical (unpaired) electrons. The van der Waals surface area contributed by atoms with Gasteiger partial charge in [0, 0.05) is 17.2 Å². The number of carbonyl (C=O) groups is 3. The van der Waals surface area contributed by atoms with Crippen LogP contribution in [0.25, 0.3) is 16.8 Å². The Kier molecular flexibility index (Phi) is 5.41. The Morgan fingerprint density at radius 3 is 2.42 bits per heavy atom. The summed E-state index contributed by atoms with van der Waals surface area (Å²) in [6.07, 6.45) is 1.39. The van der Waals surface area contributed by atoms with Gasteiger partial charge >= 0.3 is 6.03 Å². The fourth-order valence-electron chi connectivity index (χ4n) is 3.43. The van der Waals surface area contributed by atoms with Crippen LogP contribution in [0.1, 0.15) is 16.7 Å². The summed E-state index contributed by atoms with van der Waals surface area (Å²) in [7, 11) is 1.54. The van der Waals surface area contributed by atoms with Crippen molar-refractivity contribution in [3.05, 3.63) is 76.9 Å². The number of barbiturate groups is 1. The Balaban J connectivity index is 1.70. The van der Waals surface area contributed by atoms with E-state index in [4.69, 9.17) is 9.47 Å². The zero-order valence-electron chi connectivity index (χ0n) is 17.0. The lowest BCUT2D eigenvalue weighted by molar-refractivity contribution is -0.123. The number of aryl methyl sites for hydroxylation is 1. The SMILES string of the molecule is COc1ccc(C=C2C(=O)NC(=O)NC2=O)c(OCc2c(C)ccc3ccccc23)c1. The van der Waals surface area contributed by atoms with Gasteiger partial charge in [0.25, 0.3) is 11.8 Å². The standard InChI is InChI=1S/C24H20N2O5/c1-14-7-8-15-5-3-4-6-18(15)20(14)13-31-21-12-17(30-2)10-9-16(21)11-19-22(27)25-24(29)26-23(19)28/h3-12H,13H2,1-2H3,(H2,25,26,27,28,29). The zero-order valence-corrected chi connectivity index (χ0v) is 17.0. The summed E-state index contributed by atoms with van der Waals surface area (Å²) in [6, 6.07) is 16.4. The minimum Gasteiger partial charge on any atom is -0.497 e. The van der Waals surface area contributed by atoms with Gasteiger partial charge in [-0.05, 0) is 41.5 Å². The van der Waals surface area contributed by atoms with Crippen molar-refractivity contribution in [3.63, 3.8) is 0 Å². The maximum atomic E-state index is 12.1. The Morgan fingerprint density at radius 1 is 0.935 bits per heavy atom. The van der Waals surface area contributed by atoms with Crippen molar-refractivity contribution in [1.82, 2.24) is 10.6 Å². The number of imide groups is 2. The molecule has 0 spiro atoms. The molecule has 1 fully saturated rings. The number of amides is 4. The fourth-order valence-corrected chi connectivity index (χ4v) is 3.43. The van der Waals surface area contributed by atoms with E-state index in [1.165, 1.54) is 6.08 Å². The first kappa shape index (κ1) is 20.2. The quantitative estimate of drug-likeness (QED) is 0.491. The summed E-state index contributed by atoms with van der Waals surface area (Å²) in [5.74, 6) is -0.517. The van der Waals surface area contributed by atoms with Gasteiger partial charge in [-0.3, -0.25) is 20.2 Å². The lowest BCUT2D eigenvalue weighted by Gasteiger charge is -2.16. The molecule has 4 amide bonds. The fraction of sp³-hybridized carbons (Fsp3) is 0.125. The van der Waals surface area contributed by atoms with E-state index >= 15 is 0 Å². The summed E-state index contributed by atoms with van der Waals surface area (Å²) in [4.78, 5) is 35.5. The third kappa shape index (κ3) is 4.11. The smallest absolute Gasteiger partial charge is 0.328 e. The van der Waals surface area contributed by atoms with Gasteiger partial charge in [-0.2, -0.15) is 0 Å². The molecule has 0 aliphatic carbocycles. The maximum absolute atomic E-state index is 12.1. The van der Waals surface area contributed by atoms with Crippen molar-refractivity contribution < 1.29 is 23.9 Å². The van der Waals surface area contributed by atoms with Crippen LogP contribution in [-0.2, 0) is 16.2 Å². The second-order valence-electron chi connectivity index (χ2n) is 7.07. The van der Waals surface area contributed by atoms with Gasteiger partial charge in [-0.25, -0.2) is 4.79 Å². The second-order valence-corrected chi connectivity index (χ2v) is 7.07. The predicted octanol–water partition coefficient (Wildman–Crippen LogP) is 3.49. The molecule has 1 aliphatic rings. The van der Waals surface area contributed by atoms with Crippen LogP contribution >= 0.6 is 0 Å². The molecule has 156 valence electrons. The largest absolute Gasteiger partial charge is 0.497 e. The van der Waals surface area contributed by atoms with Crippen molar-refractivity contribution in [1.29, 1.82) is 0 Å². The van der Waals surface area contributed by atoms with E-state index in [9.17, 15) is 14.4 Å². The Morgan fingerprint density at radius 2 is 1.68 bits per heavy atom. The molecule has 1 heterocycles. The van der Waals surface area contributed by atoms with Crippen molar-refractivity contribution in [2.75, 3.05) is 7.11 Å². The minimum atomic E-state index is -0.843. The molecule has 1 saturated heterocycles. The molecule has 0 atom stereocenters. The number of hydrogen-bond donors (Lipinski definition) is 2. The number of fused-ring (bicyclic) bond motifs is 1. The van der Waals surface area contributed by atoms with E-state index in [1.807, 2.05) is 37.3 Å². The zero-order chi connectivity index (χ0) is 22.0. The van der Waals surface area contributed by atoms with Gasteiger partial charge in [0.1, 0.15) is 23.7 Å². The Bertz CT molecular complexity index is 1220. The van der Waals surface area contributed by atoms with E-state index in [0.29, 0.717) is 17.1 Å². The number of ether oxygens (including phenoxy) is 2. The molecule has 3 aromatic rings. The molecule has 31 heavy (non-hydrogen) atoms. The Hall–Kier alpha value is -4.13. The molecule has 2 N–H and O–H groups in total. The van der Waals surface area contributed by atoms with Crippen LogP contribution < -0.4 is 20.1 Å². The van der Waals surface area contributed by atoms with Crippen molar-refractivity contribution >= 4 is 34.7 Å². The number of methoxy groups -OCH3 is 1. The van der Waals surface area contributed by atoms with E-state index < -0.39 is 17.8 Å². The van der Waals surface area contributed by atoms with Crippen LogP contribution in [0.15, 0.2) is 60.2 Å². The van der Waals surface area contributed by atoms with E-state index in [-0.39, 0.29) is 12.2 Å². The highest BCUT2D eigenvalue weighted by Gasteiger charge is 2.28. The molecule has 0 bridgehead atoms. The number of hydrogen-bond acceptors (Lipinski definition) is 5. The summed E-state index contributed by atoms with van der Waals surface area (Å²) >= 11 is 0. The first-order valence-electron chi connectivity index (χ1n) is 9.62. The van der Waals surface area contributed by atoms with Gasteiger partial charge in [0.2, 0.25) is 0 Å². The first-order valence-corrected chi connectivity index (χ1v) is 9.62. The van der Waals surface area contributed by atoms with Gasteiger partial charge in [0.15, 0.2) is 0 Å². The van der Waals surface area contributed by atoms with E-state index in [1.54, 1.807) is 25.3 Å². The molecule has 0 unspecified atom stereocenters. The number of carbonyl (C=O) groups excluding carboxylic acids is 3. The van der Waals surface area contributed by atoms with E-state index in [0.717, 1.165) is 21.9 Å². The van der Waals surface area contributed by atoms with Crippen molar-refractivity contribution in [3.8, 4) is 11.5 Å². The molecule has 0 saturated carbocycles. The lowest BCUT2D eigenvalue weighted by Crippen LogP contribution is -2.51. The topological polar surface area (TPSA) is 93.7 Å². The van der Waals surface area contributed by atoms with Crippen LogP contribution in [0.5, 0.6) is 11.5 Å². The normalized spacial score (nSPS) is 13.6. The van der Waals surface area contributed by atoms with Crippen LogP contribution in [-0.4, -0.2) is 25.0 Å². The number of urea groups is 1. The van der Waals surface area contributed by atoms with Crippen molar-refractivity contribution in [2.24, 2.45) is 0 Å². The molecule has 4 rings (SSSR count). The Labute approximate surface area is 178 Å². The molecule has 7 nitrogen and oxygen atoms in total. The summed E-state index contributed by atoms with van der Waals surface area (Å²) in [5, 5.41) is 6.33. The van der Waals surface area contributed by atoms with Crippen LogP contribution in [0.4, 0.5) is 4.79 Å². The van der Waals surface area contributed by atoms with E-state index in [2.05, 4.69) is 16.7 Å². The molecular weight excluding hydrogens is 396 g/mol. The third-order valence-corrected chi connectivity index (χ3v) is 5.11. The average molecular weight is 416 g/mol. The van der Waals surface area contributed by atoms with Crippen LogP contribution in [0.3, 0.4) is 0 Å². The highest BCUT2D eigenvalue weighted by molar-refractivity contribution is 6.31. The minimum absolute atomic E-state index is 0.184. The molecule has 0 aromatic heterocycles.